The fourth-order valence-electron chi connectivity index (χ4n) is 2.99. The molecule has 1 aliphatic heterocycles. The van der Waals surface area contributed by atoms with Crippen LogP contribution < -0.4 is 10.6 Å². The van der Waals surface area contributed by atoms with Crippen LogP contribution in [0, 0.1) is 5.92 Å². The van der Waals surface area contributed by atoms with E-state index in [1.807, 2.05) is 0 Å². The van der Waals surface area contributed by atoms with Gasteiger partial charge in [0.1, 0.15) is 0 Å². The second kappa shape index (κ2) is 5.12. The summed E-state index contributed by atoms with van der Waals surface area (Å²) < 4.78 is 0. The van der Waals surface area contributed by atoms with Crippen molar-refractivity contribution in [2.75, 3.05) is 6.61 Å². The number of nitrogens with one attached hydrogen (secondary N) is 2. The molecule has 0 saturated carbocycles. The van der Waals surface area contributed by atoms with Gasteiger partial charge in [-0.05, 0) is 30.9 Å². The third-order valence-electron chi connectivity index (χ3n) is 3.86. The van der Waals surface area contributed by atoms with Gasteiger partial charge in [-0.15, -0.1) is 0 Å². The molecule has 3 atom stereocenters. The fraction of sp³-hybridized carbons (Fsp3) is 0.467. The Labute approximate surface area is 108 Å². The monoisotopic (exact) mass is 244 g/mol. The van der Waals surface area contributed by atoms with E-state index in [2.05, 4.69) is 47.1 Å². The van der Waals surface area contributed by atoms with Crippen molar-refractivity contribution in [1.82, 2.24) is 10.6 Å². The van der Waals surface area contributed by atoms with Crippen LogP contribution in [0.3, 0.4) is 0 Å². The van der Waals surface area contributed by atoms with Crippen LogP contribution in [0.25, 0.3) is 0 Å². The predicted molar refractivity (Wildman–Crippen MR) is 72.7 cm³/mol. The van der Waals surface area contributed by atoms with Crippen molar-refractivity contribution in [3.63, 3.8) is 0 Å². The number of rotatable bonds is 4. The van der Waals surface area contributed by atoms with Crippen LogP contribution in [-0.4, -0.2) is 23.9 Å². The lowest BCUT2D eigenvalue weighted by molar-refractivity contribution is 0.264. The molecule has 96 valence electrons. The second-order valence-electron chi connectivity index (χ2n) is 5.12. The molecular weight excluding hydrogens is 224 g/mol. The second-order valence-corrected chi connectivity index (χ2v) is 5.12. The lowest BCUT2D eigenvalue weighted by Gasteiger charge is -2.42. The van der Waals surface area contributed by atoms with Crippen LogP contribution in [0.5, 0.6) is 0 Å². The van der Waals surface area contributed by atoms with Gasteiger partial charge in [-0.3, -0.25) is 5.32 Å². The van der Waals surface area contributed by atoms with Crippen LogP contribution in [0.2, 0.25) is 0 Å². The van der Waals surface area contributed by atoms with E-state index in [9.17, 15) is 0 Å². The van der Waals surface area contributed by atoms with Gasteiger partial charge in [0.2, 0.25) is 0 Å². The average Bonchev–Trinajstić information content (AvgIpc) is 2.40. The summed E-state index contributed by atoms with van der Waals surface area (Å²) in [7, 11) is 0. The Hall–Kier alpha value is -1.32. The van der Waals surface area contributed by atoms with Gasteiger partial charge in [-0.1, -0.05) is 30.4 Å². The third-order valence-corrected chi connectivity index (χ3v) is 3.86. The first-order valence-corrected chi connectivity index (χ1v) is 6.78. The first-order chi connectivity index (χ1) is 8.88. The van der Waals surface area contributed by atoms with E-state index in [4.69, 9.17) is 5.11 Å². The highest BCUT2D eigenvalue weighted by atomic mass is 16.2. The maximum absolute atomic E-state index is 8.85. The van der Waals surface area contributed by atoms with Gasteiger partial charge in [0.15, 0.2) is 0 Å². The molecule has 18 heavy (non-hydrogen) atoms. The van der Waals surface area contributed by atoms with Crippen molar-refractivity contribution >= 4 is 0 Å². The molecule has 3 rings (SSSR count). The molecular formula is C15H20N2O. The zero-order chi connectivity index (χ0) is 12.4. The largest absolute Gasteiger partial charge is 0.396 e. The molecule has 0 bridgehead atoms. The summed E-state index contributed by atoms with van der Waals surface area (Å²) >= 11 is 0. The van der Waals surface area contributed by atoms with Crippen molar-refractivity contribution in [2.45, 2.75) is 31.5 Å². The summed E-state index contributed by atoms with van der Waals surface area (Å²) in [6.07, 6.45) is 16.4. The fourth-order valence-corrected chi connectivity index (χ4v) is 2.99. The first-order valence-electron chi connectivity index (χ1n) is 6.78. The molecule has 0 spiro atoms. The third kappa shape index (κ3) is 2.16. The number of hydrogen-bond acceptors (Lipinski definition) is 3. The molecule has 0 amide bonds. The highest BCUT2D eigenvalue weighted by molar-refractivity contribution is 5.45. The molecule has 3 N–H and O–H groups in total. The van der Waals surface area contributed by atoms with Crippen LogP contribution in [0.1, 0.15) is 19.3 Å². The first kappa shape index (κ1) is 11.8. The van der Waals surface area contributed by atoms with E-state index >= 15 is 0 Å². The number of allylic oxidation sites excluding steroid dienone is 5. The van der Waals surface area contributed by atoms with E-state index < -0.39 is 0 Å². The molecule has 0 aromatic rings. The molecule has 0 aromatic carbocycles. The summed E-state index contributed by atoms with van der Waals surface area (Å²) in [6, 6.07) is 0.404. The normalized spacial score (nSPS) is 32.4. The minimum atomic E-state index is 0.289. The van der Waals surface area contributed by atoms with Gasteiger partial charge in [0.05, 0.1) is 6.17 Å². The maximum atomic E-state index is 8.85. The zero-order valence-electron chi connectivity index (χ0n) is 10.5. The molecule has 1 fully saturated rings. The Morgan fingerprint density at radius 3 is 3.00 bits per heavy atom. The van der Waals surface area contributed by atoms with Gasteiger partial charge in [0.25, 0.3) is 0 Å². The van der Waals surface area contributed by atoms with E-state index in [1.54, 1.807) is 0 Å². The summed E-state index contributed by atoms with van der Waals surface area (Å²) in [5, 5.41) is 16.1. The van der Waals surface area contributed by atoms with Gasteiger partial charge in [-0.2, -0.15) is 0 Å². The number of aliphatic hydroxyl groups excluding tert-OH is 1. The van der Waals surface area contributed by atoms with Crippen LogP contribution in [-0.2, 0) is 0 Å². The SMILES string of the molecule is OCCCCC1NC2=CC=CC3=CC=CC(N1)C32. The molecule has 3 unspecified atom stereocenters. The maximum Gasteiger partial charge on any atom is 0.0770 e. The number of hydrogen-bond donors (Lipinski definition) is 3. The Morgan fingerprint density at radius 1 is 1.17 bits per heavy atom. The zero-order valence-corrected chi connectivity index (χ0v) is 10.5. The predicted octanol–water partition coefficient (Wildman–Crippen LogP) is 1.60. The van der Waals surface area contributed by atoms with Crippen LogP contribution >= 0.6 is 0 Å². The summed E-state index contributed by atoms with van der Waals surface area (Å²) in [6.45, 7) is 0.289. The van der Waals surface area contributed by atoms with Gasteiger partial charge < -0.3 is 10.4 Å². The van der Waals surface area contributed by atoms with Crippen LogP contribution in [0.4, 0.5) is 0 Å². The molecule has 1 saturated heterocycles. The van der Waals surface area contributed by atoms with E-state index in [0.29, 0.717) is 18.1 Å². The topological polar surface area (TPSA) is 44.3 Å². The minimum absolute atomic E-state index is 0.289. The molecule has 2 aliphatic carbocycles. The van der Waals surface area contributed by atoms with Crippen molar-refractivity contribution in [1.29, 1.82) is 0 Å². The van der Waals surface area contributed by atoms with Crippen molar-refractivity contribution < 1.29 is 5.11 Å². The van der Waals surface area contributed by atoms with Crippen LogP contribution in [0.15, 0.2) is 47.7 Å². The van der Waals surface area contributed by atoms with Crippen molar-refractivity contribution in [3.05, 3.63) is 47.7 Å². The Morgan fingerprint density at radius 2 is 2.11 bits per heavy atom. The van der Waals surface area contributed by atoms with E-state index in [1.165, 1.54) is 11.3 Å². The highest BCUT2D eigenvalue weighted by Gasteiger charge is 2.34. The summed E-state index contributed by atoms with van der Waals surface area (Å²) in [5.74, 6) is 0.453. The molecule has 0 aromatic heterocycles. The Kier molecular flexibility index (Phi) is 3.35. The van der Waals surface area contributed by atoms with Crippen molar-refractivity contribution in [3.8, 4) is 0 Å². The Balaban J connectivity index is 1.71. The van der Waals surface area contributed by atoms with Gasteiger partial charge in [-0.25, -0.2) is 0 Å². The van der Waals surface area contributed by atoms with E-state index in [0.717, 1.165) is 19.3 Å². The summed E-state index contributed by atoms with van der Waals surface area (Å²) in [4.78, 5) is 0. The minimum Gasteiger partial charge on any atom is -0.396 e. The highest BCUT2D eigenvalue weighted by Crippen LogP contribution is 2.33. The molecule has 0 radical (unpaired) electrons. The lowest BCUT2D eigenvalue weighted by atomic mass is 9.80. The number of aliphatic hydroxyl groups is 1. The smallest absolute Gasteiger partial charge is 0.0770 e. The number of unbranched alkanes of at least 4 members (excludes halogenated alkanes) is 1. The lowest BCUT2D eigenvalue weighted by Crippen LogP contribution is -2.57. The molecule has 3 heteroatoms. The van der Waals surface area contributed by atoms with Crippen molar-refractivity contribution in [2.24, 2.45) is 5.92 Å². The summed E-state index contributed by atoms with van der Waals surface area (Å²) in [5.41, 5.74) is 2.71. The van der Waals surface area contributed by atoms with Gasteiger partial charge >= 0.3 is 0 Å². The molecule has 1 heterocycles. The molecule has 3 nitrogen and oxygen atoms in total. The molecule has 3 aliphatic rings. The van der Waals surface area contributed by atoms with Gasteiger partial charge in [0, 0.05) is 24.3 Å². The Bertz CT molecular complexity index is 434. The standard InChI is InChI=1S/C15H20N2O/c18-10-2-1-9-14-16-12-7-3-5-11-6-4-8-13(17-14)15(11)12/h3-8,12,14-18H,1-2,9-10H2. The quantitative estimate of drug-likeness (QED) is 0.658. The average molecular weight is 244 g/mol. The van der Waals surface area contributed by atoms with E-state index in [-0.39, 0.29) is 6.61 Å².